The van der Waals surface area contributed by atoms with Gasteiger partial charge < -0.3 is 14.6 Å². The summed E-state index contributed by atoms with van der Waals surface area (Å²) in [6, 6.07) is 0. The Kier molecular flexibility index (Phi) is 5.38. The average Bonchev–Trinajstić information content (AvgIpc) is 3.00. The Hall–Kier alpha value is -0.940. The molecule has 1 fully saturated rings. The zero-order valence-corrected chi connectivity index (χ0v) is 13.9. The van der Waals surface area contributed by atoms with Gasteiger partial charge in [0.05, 0.1) is 5.41 Å². The summed E-state index contributed by atoms with van der Waals surface area (Å²) < 4.78 is 11.5. The quantitative estimate of drug-likeness (QED) is 0.837. The molecule has 0 spiro atoms. The lowest BCUT2D eigenvalue weighted by atomic mass is 9.75. The third-order valence-corrected chi connectivity index (χ3v) is 4.78. The SMILES string of the molecule is CCCC1(c2nc(C(C)(CC)OCC)no2)CCNCC1. The normalized spacial score (nSPS) is 21.1. The maximum atomic E-state index is 5.86. The Morgan fingerprint density at radius 3 is 2.57 bits per heavy atom. The topological polar surface area (TPSA) is 60.2 Å². The number of ether oxygens (including phenoxy) is 1. The standard InChI is InChI=1S/C16H29N3O2/c1-5-8-16(9-11-17-12-10-16)14-18-13(19-21-14)15(4,6-2)20-7-3/h17H,5-12H2,1-4H3. The molecule has 1 unspecified atom stereocenters. The van der Waals surface area contributed by atoms with Crippen LogP contribution in [0.3, 0.4) is 0 Å². The molecule has 0 aromatic carbocycles. The van der Waals surface area contributed by atoms with E-state index in [0.29, 0.717) is 12.4 Å². The first-order valence-electron chi connectivity index (χ1n) is 8.29. The smallest absolute Gasteiger partial charge is 0.233 e. The molecule has 1 atom stereocenters. The molecule has 0 amide bonds. The highest BCUT2D eigenvalue weighted by molar-refractivity contribution is 5.10. The van der Waals surface area contributed by atoms with Gasteiger partial charge >= 0.3 is 0 Å². The Labute approximate surface area is 127 Å². The van der Waals surface area contributed by atoms with Crippen molar-refractivity contribution in [1.82, 2.24) is 15.5 Å². The predicted molar refractivity (Wildman–Crippen MR) is 82.3 cm³/mol. The van der Waals surface area contributed by atoms with Crippen molar-refractivity contribution in [2.24, 2.45) is 0 Å². The van der Waals surface area contributed by atoms with Crippen LogP contribution in [0.1, 0.15) is 71.5 Å². The summed E-state index contributed by atoms with van der Waals surface area (Å²) in [5.74, 6) is 1.50. The first-order chi connectivity index (χ1) is 10.1. The monoisotopic (exact) mass is 295 g/mol. The van der Waals surface area contributed by atoms with Crippen LogP contribution in [0.4, 0.5) is 0 Å². The minimum absolute atomic E-state index is 0.0477. The maximum Gasteiger partial charge on any atom is 0.233 e. The molecular weight excluding hydrogens is 266 g/mol. The minimum atomic E-state index is -0.448. The molecule has 0 saturated carbocycles. The van der Waals surface area contributed by atoms with Crippen LogP contribution in [0.15, 0.2) is 4.52 Å². The highest BCUT2D eigenvalue weighted by atomic mass is 16.5. The van der Waals surface area contributed by atoms with Crippen molar-refractivity contribution in [2.75, 3.05) is 19.7 Å². The van der Waals surface area contributed by atoms with E-state index in [0.717, 1.165) is 51.1 Å². The molecule has 1 aromatic rings. The molecule has 2 rings (SSSR count). The molecule has 1 aliphatic heterocycles. The van der Waals surface area contributed by atoms with Gasteiger partial charge in [0.1, 0.15) is 5.60 Å². The molecule has 1 saturated heterocycles. The fourth-order valence-electron chi connectivity index (χ4n) is 3.25. The third-order valence-electron chi connectivity index (χ3n) is 4.78. The van der Waals surface area contributed by atoms with Crippen molar-refractivity contribution in [3.8, 4) is 0 Å². The van der Waals surface area contributed by atoms with Crippen LogP contribution in [0, 0.1) is 0 Å². The number of hydrogen-bond acceptors (Lipinski definition) is 5. The molecule has 5 heteroatoms. The van der Waals surface area contributed by atoms with Gasteiger partial charge in [-0.3, -0.25) is 0 Å². The van der Waals surface area contributed by atoms with E-state index in [1.165, 1.54) is 0 Å². The summed E-state index contributed by atoms with van der Waals surface area (Å²) in [7, 11) is 0. The van der Waals surface area contributed by atoms with E-state index >= 15 is 0 Å². The number of aromatic nitrogens is 2. The van der Waals surface area contributed by atoms with Crippen LogP contribution in [0.25, 0.3) is 0 Å². The van der Waals surface area contributed by atoms with Crippen LogP contribution >= 0.6 is 0 Å². The van der Waals surface area contributed by atoms with Gasteiger partial charge in [-0.25, -0.2) is 0 Å². The number of nitrogens with one attached hydrogen (secondary N) is 1. The van der Waals surface area contributed by atoms with E-state index in [2.05, 4.69) is 24.3 Å². The number of piperidine rings is 1. The average molecular weight is 295 g/mol. The van der Waals surface area contributed by atoms with E-state index in [9.17, 15) is 0 Å². The van der Waals surface area contributed by atoms with E-state index in [-0.39, 0.29) is 5.41 Å². The van der Waals surface area contributed by atoms with Gasteiger partial charge in [-0.2, -0.15) is 4.98 Å². The Morgan fingerprint density at radius 2 is 2.00 bits per heavy atom. The van der Waals surface area contributed by atoms with Gasteiger partial charge in [0.15, 0.2) is 0 Å². The van der Waals surface area contributed by atoms with Gasteiger partial charge in [-0.05, 0) is 52.6 Å². The lowest BCUT2D eigenvalue weighted by Crippen LogP contribution is -2.40. The summed E-state index contributed by atoms with van der Waals surface area (Å²) in [6.07, 6.45) is 5.21. The van der Waals surface area contributed by atoms with Crippen molar-refractivity contribution in [1.29, 1.82) is 0 Å². The minimum Gasteiger partial charge on any atom is -0.367 e. The molecule has 0 bridgehead atoms. The van der Waals surface area contributed by atoms with Crippen molar-refractivity contribution in [2.45, 2.75) is 70.8 Å². The van der Waals surface area contributed by atoms with Gasteiger partial charge in [-0.1, -0.05) is 25.4 Å². The van der Waals surface area contributed by atoms with E-state index in [4.69, 9.17) is 14.2 Å². The molecule has 1 aromatic heterocycles. The highest BCUT2D eigenvalue weighted by Gasteiger charge is 2.40. The molecule has 1 N–H and O–H groups in total. The first-order valence-corrected chi connectivity index (χ1v) is 8.29. The molecule has 0 aliphatic carbocycles. The van der Waals surface area contributed by atoms with E-state index in [1.54, 1.807) is 0 Å². The number of nitrogens with zero attached hydrogens (tertiary/aromatic N) is 2. The predicted octanol–water partition coefficient (Wildman–Crippen LogP) is 3.15. The largest absolute Gasteiger partial charge is 0.367 e. The third kappa shape index (κ3) is 3.29. The Balaban J connectivity index is 2.28. The second-order valence-corrected chi connectivity index (χ2v) is 6.22. The summed E-state index contributed by atoms with van der Waals surface area (Å²) in [6.45, 7) is 11.1. The van der Waals surface area contributed by atoms with Crippen molar-refractivity contribution in [3.63, 3.8) is 0 Å². The first kappa shape index (κ1) is 16.4. The lowest BCUT2D eigenvalue weighted by Gasteiger charge is -2.34. The zero-order valence-electron chi connectivity index (χ0n) is 13.9. The van der Waals surface area contributed by atoms with Crippen LogP contribution in [0.2, 0.25) is 0 Å². The van der Waals surface area contributed by atoms with Gasteiger partial charge in [-0.15, -0.1) is 0 Å². The van der Waals surface area contributed by atoms with Gasteiger partial charge in [0.2, 0.25) is 11.7 Å². The molecule has 21 heavy (non-hydrogen) atoms. The van der Waals surface area contributed by atoms with Crippen molar-refractivity contribution >= 4 is 0 Å². The Morgan fingerprint density at radius 1 is 1.29 bits per heavy atom. The lowest BCUT2D eigenvalue weighted by molar-refractivity contribution is -0.0403. The van der Waals surface area contributed by atoms with Crippen LogP contribution in [0.5, 0.6) is 0 Å². The second kappa shape index (κ2) is 6.88. The van der Waals surface area contributed by atoms with Crippen LogP contribution in [-0.2, 0) is 15.8 Å². The summed E-state index contributed by atoms with van der Waals surface area (Å²) >= 11 is 0. The summed E-state index contributed by atoms with van der Waals surface area (Å²) in [4.78, 5) is 4.76. The molecule has 2 heterocycles. The van der Waals surface area contributed by atoms with E-state index in [1.807, 2.05) is 13.8 Å². The molecule has 1 aliphatic rings. The summed E-state index contributed by atoms with van der Waals surface area (Å²) in [5, 5.41) is 7.67. The number of rotatable bonds is 7. The molecule has 0 radical (unpaired) electrons. The Bertz CT molecular complexity index is 435. The fourth-order valence-corrected chi connectivity index (χ4v) is 3.25. The molecule has 5 nitrogen and oxygen atoms in total. The summed E-state index contributed by atoms with van der Waals surface area (Å²) in [5.41, 5.74) is -0.400. The highest BCUT2D eigenvalue weighted by Crippen LogP contribution is 2.38. The fraction of sp³-hybridized carbons (Fsp3) is 0.875. The van der Waals surface area contributed by atoms with Crippen LogP contribution < -0.4 is 5.32 Å². The van der Waals surface area contributed by atoms with Crippen molar-refractivity contribution in [3.05, 3.63) is 11.7 Å². The maximum absolute atomic E-state index is 5.86. The van der Waals surface area contributed by atoms with Crippen molar-refractivity contribution < 1.29 is 9.26 Å². The van der Waals surface area contributed by atoms with Gasteiger partial charge in [0, 0.05) is 6.61 Å². The molecule has 120 valence electrons. The van der Waals surface area contributed by atoms with Crippen LogP contribution in [-0.4, -0.2) is 29.8 Å². The second-order valence-electron chi connectivity index (χ2n) is 6.22. The zero-order chi connectivity index (χ0) is 15.3. The van der Waals surface area contributed by atoms with E-state index < -0.39 is 5.60 Å². The molecular formula is C16H29N3O2. The number of hydrogen-bond donors (Lipinski definition) is 1. The van der Waals surface area contributed by atoms with Gasteiger partial charge in [0.25, 0.3) is 0 Å².